The highest BCUT2D eigenvalue weighted by Gasteiger charge is 2.41. The summed E-state index contributed by atoms with van der Waals surface area (Å²) in [5.74, 6) is -0.171. The Morgan fingerprint density at radius 2 is 1.65 bits per heavy atom. The summed E-state index contributed by atoms with van der Waals surface area (Å²) in [5, 5.41) is 11.8. The molecular weight excluding hydrogens is 622 g/mol. The predicted molar refractivity (Wildman–Crippen MR) is 176 cm³/mol. The van der Waals surface area contributed by atoms with Gasteiger partial charge in [0.25, 0.3) is 0 Å². The minimum atomic E-state index is -1.44. The number of hydrogen-bond acceptors (Lipinski definition) is 12. The number of aromatic nitrogens is 4. The molecule has 4 aromatic rings. The number of imide groups is 1. The Bertz CT molecular complexity index is 1760. The van der Waals surface area contributed by atoms with Crippen LogP contribution < -0.4 is 14.4 Å². The maximum absolute atomic E-state index is 13.4. The number of ether oxygens (including phenoxy) is 6. The monoisotopic (exact) mass is 665 g/mol. The van der Waals surface area contributed by atoms with Crippen LogP contribution in [-0.2, 0) is 18.9 Å². The molecule has 1 aliphatic heterocycles. The van der Waals surface area contributed by atoms with Gasteiger partial charge in [0.05, 0.1) is 24.1 Å². The Labute approximate surface area is 278 Å². The number of anilines is 1. The molecule has 14 nitrogen and oxygen atoms in total. The van der Waals surface area contributed by atoms with Gasteiger partial charge in [-0.1, -0.05) is 0 Å². The number of hydrogen-bond donors (Lipinski definition) is 1. The van der Waals surface area contributed by atoms with Crippen molar-refractivity contribution in [2.75, 3.05) is 18.6 Å². The Morgan fingerprint density at radius 3 is 2.27 bits per heavy atom. The first-order valence-electron chi connectivity index (χ1n) is 15.6. The molecule has 1 aliphatic rings. The highest BCUT2D eigenvalue weighted by atomic mass is 16.7. The van der Waals surface area contributed by atoms with Gasteiger partial charge in [0.15, 0.2) is 11.6 Å². The molecule has 1 aromatic carbocycles. The number of carbonyl (C=O) groups is 2. The molecule has 14 heteroatoms. The minimum absolute atomic E-state index is 0.00836. The lowest BCUT2D eigenvalue weighted by Gasteiger charge is -2.28. The van der Waals surface area contributed by atoms with E-state index in [1.165, 1.54) is 6.33 Å². The summed E-state index contributed by atoms with van der Waals surface area (Å²) in [6.07, 6.45) is 1.33. The average molecular weight is 666 g/mol. The van der Waals surface area contributed by atoms with Gasteiger partial charge < -0.3 is 38.1 Å². The van der Waals surface area contributed by atoms with Crippen molar-refractivity contribution in [3.8, 4) is 11.5 Å². The summed E-state index contributed by atoms with van der Waals surface area (Å²) in [7, 11) is 1.61. The highest BCUT2D eigenvalue weighted by Crippen LogP contribution is 2.37. The second kappa shape index (κ2) is 13.2. The van der Waals surface area contributed by atoms with Gasteiger partial charge in [-0.05, 0) is 79.7 Å². The van der Waals surface area contributed by atoms with E-state index in [9.17, 15) is 14.7 Å². The summed E-state index contributed by atoms with van der Waals surface area (Å²) in [5.41, 5.74) is -0.686. The maximum Gasteiger partial charge on any atom is 0.425 e. The second-order valence-electron chi connectivity index (χ2n) is 13.9. The number of carbonyl (C=O) groups excluding carboxylic acids is 2. The van der Waals surface area contributed by atoms with E-state index in [0.29, 0.717) is 34.5 Å². The Balaban J connectivity index is 1.43. The molecule has 2 amide bonds. The van der Waals surface area contributed by atoms with E-state index in [1.54, 1.807) is 91.6 Å². The van der Waals surface area contributed by atoms with Crippen LogP contribution in [0.25, 0.3) is 21.9 Å². The molecule has 4 heterocycles. The van der Waals surface area contributed by atoms with Crippen LogP contribution in [0.5, 0.6) is 11.5 Å². The van der Waals surface area contributed by atoms with Crippen LogP contribution in [0.1, 0.15) is 68.0 Å². The molecule has 1 saturated heterocycles. The topological polar surface area (TPSA) is 157 Å². The quantitative estimate of drug-likeness (QED) is 0.215. The van der Waals surface area contributed by atoms with Crippen LogP contribution in [0.2, 0.25) is 0 Å². The number of methoxy groups -OCH3 is 1. The second-order valence-corrected chi connectivity index (χ2v) is 13.9. The smallest absolute Gasteiger partial charge is 0.425 e. The fourth-order valence-corrected chi connectivity index (χ4v) is 5.29. The predicted octanol–water partition coefficient (Wildman–Crippen LogP) is 6.14. The first kappa shape index (κ1) is 34.8. The van der Waals surface area contributed by atoms with Crippen molar-refractivity contribution in [1.82, 2.24) is 19.5 Å². The van der Waals surface area contributed by atoms with Crippen molar-refractivity contribution in [2.45, 2.75) is 97.2 Å². The zero-order chi connectivity index (χ0) is 35.0. The summed E-state index contributed by atoms with van der Waals surface area (Å²) >= 11 is 0. The average Bonchev–Trinajstić information content (AvgIpc) is 3.57. The number of fused-ring (bicyclic) bond motifs is 2. The highest BCUT2D eigenvalue weighted by molar-refractivity contribution is 6.13. The summed E-state index contributed by atoms with van der Waals surface area (Å²) in [6.45, 7) is 13.4. The van der Waals surface area contributed by atoms with Gasteiger partial charge in [-0.15, -0.1) is 0 Å². The fraction of sp³-hybridized carbons (Fsp3) is 0.500. The van der Waals surface area contributed by atoms with Crippen molar-refractivity contribution < 1.29 is 43.1 Å². The van der Waals surface area contributed by atoms with Crippen molar-refractivity contribution in [2.24, 2.45) is 0 Å². The van der Waals surface area contributed by atoms with Gasteiger partial charge >= 0.3 is 12.2 Å². The van der Waals surface area contributed by atoms with Gasteiger partial charge in [-0.2, -0.15) is 4.90 Å². The molecule has 0 bridgehead atoms. The van der Waals surface area contributed by atoms with Crippen LogP contribution >= 0.6 is 0 Å². The maximum atomic E-state index is 13.4. The van der Waals surface area contributed by atoms with Crippen molar-refractivity contribution in [3.63, 3.8) is 0 Å². The lowest BCUT2D eigenvalue weighted by atomic mass is 10.1. The molecule has 1 N–H and O–H groups in total. The zero-order valence-corrected chi connectivity index (χ0v) is 28.7. The van der Waals surface area contributed by atoms with Gasteiger partial charge in [0.1, 0.15) is 53.6 Å². The van der Waals surface area contributed by atoms with Gasteiger partial charge in [0.2, 0.25) is 0 Å². The van der Waals surface area contributed by atoms with Crippen LogP contribution in [0.4, 0.5) is 15.4 Å². The summed E-state index contributed by atoms with van der Waals surface area (Å²) < 4.78 is 36.9. The van der Waals surface area contributed by atoms with E-state index in [0.717, 1.165) is 10.3 Å². The molecule has 1 fully saturated rings. The van der Waals surface area contributed by atoms with Crippen LogP contribution in [0.3, 0.4) is 0 Å². The summed E-state index contributed by atoms with van der Waals surface area (Å²) in [6, 6.07) is 8.99. The van der Waals surface area contributed by atoms with Crippen molar-refractivity contribution in [1.29, 1.82) is 0 Å². The van der Waals surface area contributed by atoms with Crippen LogP contribution in [0, 0.1) is 0 Å². The molecule has 48 heavy (non-hydrogen) atoms. The van der Waals surface area contributed by atoms with Crippen molar-refractivity contribution >= 4 is 39.9 Å². The minimum Gasteiger partial charge on any atom is -0.496 e. The van der Waals surface area contributed by atoms with Gasteiger partial charge in [0, 0.05) is 30.3 Å². The molecule has 258 valence electrons. The standard InChI is InChI=1S/C34H43N5O9/c1-32(2,3)47-30(40)39(31(41)48-33(4,5)6)29-22-13-15-38(28(22)36-19-37-29)27-17-25(46-34(7,8)42)26(45-27)18-44-20-10-11-21-23(16-20)35-14-12-24(21)43-9/h10-16,19,25-27,42H,17-18H2,1-9H3/t25-,26+,27+/m0/s1. The molecule has 0 aliphatic carbocycles. The number of amides is 2. The first-order chi connectivity index (χ1) is 22.4. The fourth-order valence-electron chi connectivity index (χ4n) is 5.29. The van der Waals surface area contributed by atoms with E-state index in [1.807, 2.05) is 18.2 Å². The van der Waals surface area contributed by atoms with Crippen LogP contribution in [0.15, 0.2) is 49.1 Å². The Kier molecular flexibility index (Phi) is 9.55. The molecule has 3 aromatic heterocycles. The zero-order valence-electron chi connectivity index (χ0n) is 28.7. The molecule has 0 saturated carbocycles. The number of rotatable bonds is 8. The number of aliphatic hydroxyl groups is 1. The number of pyridine rings is 1. The summed E-state index contributed by atoms with van der Waals surface area (Å²) in [4.78, 5) is 40.6. The third-order valence-electron chi connectivity index (χ3n) is 7.09. The Hall–Kier alpha value is -4.53. The largest absolute Gasteiger partial charge is 0.496 e. The van der Waals surface area contributed by atoms with Gasteiger partial charge in [-0.25, -0.2) is 19.6 Å². The van der Waals surface area contributed by atoms with E-state index >= 15 is 0 Å². The third-order valence-corrected chi connectivity index (χ3v) is 7.09. The van der Waals surface area contributed by atoms with E-state index in [-0.39, 0.29) is 12.4 Å². The van der Waals surface area contributed by atoms with E-state index in [4.69, 9.17) is 28.4 Å². The Morgan fingerprint density at radius 1 is 0.958 bits per heavy atom. The van der Waals surface area contributed by atoms with Crippen LogP contribution in [-0.4, -0.2) is 79.7 Å². The van der Waals surface area contributed by atoms with E-state index in [2.05, 4.69) is 15.0 Å². The normalized spacial score (nSPS) is 18.6. The number of benzene rings is 1. The van der Waals surface area contributed by atoms with Gasteiger partial charge in [-0.3, -0.25) is 4.98 Å². The lowest BCUT2D eigenvalue weighted by molar-refractivity contribution is -0.216. The molecular formula is C34H43N5O9. The van der Waals surface area contributed by atoms with Crippen molar-refractivity contribution in [3.05, 3.63) is 49.1 Å². The molecule has 0 unspecified atom stereocenters. The SMILES string of the molecule is COc1ccnc2cc(OC[C@H]3O[C@@H](n4ccc5c(N(C(=O)OC(C)(C)C)C(=O)OC(C)(C)C)ncnc54)C[C@@H]3OC(C)(C)O)ccc12. The molecule has 5 rings (SSSR count). The molecule has 0 radical (unpaired) electrons. The number of nitrogens with zero attached hydrogens (tertiary/aromatic N) is 5. The lowest BCUT2D eigenvalue weighted by Crippen LogP contribution is -2.44. The molecule has 0 spiro atoms. The molecule has 3 atom stereocenters. The first-order valence-corrected chi connectivity index (χ1v) is 15.6. The third kappa shape index (κ3) is 8.12. The van der Waals surface area contributed by atoms with E-state index < -0.39 is 47.6 Å².